The molecule has 0 radical (unpaired) electrons. The van der Waals surface area contributed by atoms with Crippen LogP contribution >= 0.6 is 12.2 Å². The molecule has 6 nitrogen and oxygen atoms in total. The Morgan fingerprint density at radius 3 is 2.42 bits per heavy atom. The van der Waals surface area contributed by atoms with Crippen molar-refractivity contribution >= 4 is 40.0 Å². The number of thiocarbonyl (C=S) groups is 1. The van der Waals surface area contributed by atoms with Gasteiger partial charge in [-0.2, -0.15) is 4.98 Å². The van der Waals surface area contributed by atoms with Crippen LogP contribution in [0.25, 0.3) is 10.9 Å². The van der Waals surface area contributed by atoms with Gasteiger partial charge in [0.25, 0.3) is 0 Å². The molecule has 0 unspecified atom stereocenters. The highest BCUT2D eigenvalue weighted by molar-refractivity contribution is 7.80. The fourth-order valence-corrected chi connectivity index (χ4v) is 5.14. The van der Waals surface area contributed by atoms with E-state index in [1.807, 2.05) is 26.2 Å². The van der Waals surface area contributed by atoms with Crippen molar-refractivity contribution in [3.63, 3.8) is 0 Å². The van der Waals surface area contributed by atoms with E-state index in [2.05, 4.69) is 33.0 Å². The second kappa shape index (κ2) is 10.4. The number of hydrogen-bond acceptors (Lipinski definition) is 5. The van der Waals surface area contributed by atoms with E-state index in [1.165, 1.54) is 32.1 Å². The average Bonchev–Trinajstić information content (AvgIpc) is 2.79. The Balaban J connectivity index is 1.26. The second-order valence-electron chi connectivity index (χ2n) is 9.33. The molecule has 2 fully saturated rings. The number of nitrogens with zero attached hydrogens (tertiary/aromatic N) is 3. The average molecular weight is 441 g/mol. The van der Waals surface area contributed by atoms with Crippen LogP contribution in [0.1, 0.15) is 57.8 Å². The van der Waals surface area contributed by atoms with E-state index in [9.17, 15) is 0 Å². The molecule has 1 heterocycles. The third-order valence-corrected chi connectivity index (χ3v) is 6.94. The summed E-state index contributed by atoms with van der Waals surface area (Å²) in [6.45, 7) is 1.02. The monoisotopic (exact) mass is 440 g/mol. The Morgan fingerprint density at radius 1 is 0.968 bits per heavy atom. The van der Waals surface area contributed by atoms with Crippen LogP contribution in [0.4, 0.5) is 11.8 Å². The minimum absolute atomic E-state index is 0.401. The summed E-state index contributed by atoms with van der Waals surface area (Å²) in [5.41, 5.74) is 0.980. The summed E-state index contributed by atoms with van der Waals surface area (Å²) in [6, 6.07) is 9.06. The zero-order valence-electron chi connectivity index (χ0n) is 18.9. The first-order chi connectivity index (χ1) is 15.1. The molecule has 168 valence electrons. The lowest BCUT2D eigenvalue weighted by molar-refractivity contribution is 0.353. The van der Waals surface area contributed by atoms with E-state index in [0.29, 0.717) is 12.1 Å². The summed E-state index contributed by atoms with van der Waals surface area (Å²) in [6.07, 6.45) is 11.2. The van der Waals surface area contributed by atoms with E-state index in [-0.39, 0.29) is 0 Å². The van der Waals surface area contributed by atoms with Gasteiger partial charge in [0.05, 0.1) is 5.52 Å². The van der Waals surface area contributed by atoms with Gasteiger partial charge in [-0.25, -0.2) is 4.98 Å². The minimum Gasteiger partial charge on any atom is -0.362 e. The van der Waals surface area contributed by atoms with Crippen LogP contribution in [0.5, 0.6) is 0 Å². The van der Waals surface area contributed by atoms with Crippen molar-refractivity contribution in [2.45, 2.75) is 69.9 Å². The van der Waals surface area contributed by atoms with Crippen molar-refractivity contribution in [1.82, 2.24) is 20.6 Å². The number of anilines is 2. The van der Waals surface area contributed by atoms with Crippen molar-refractivity contribution < 1.29 is 0 Å². The first-order valence-electron chi connectivity index (χ1n) is 11.8. The number of hydrogen-bond donors (Lipinski definition) is 3. The van der Waals surface area contributed by atoms with Gasteiger partial charge < -0.3 is 20.9 Å². The first kappa shape index (κ1) is 22.1. The summed E-state index contributed by atoms with van der Waals surface area (Å²) in [4.78, 5) is 11.6. The summed E-state index contributed by atoms with van der Waals surface area (Å²) in [5.74, 6) is 2.48. The zero-order chi connectivity index (χ0) is 21.6. The molecule has 0 spiro atoms. The Bertz CT molecular complexity index is 871. The fourth-order valence-electron chi connectivity index (χ4n) is 4.89. The maximum absolute atomic E-state index is 5.56. The van der Waals surface area contributed by atoms with Crippen LogP contribution in [0.3, 0.4) is 0 Å². The molecule has 2 aromatic rings. The maximum Gasteiger partial charge on any atom is 0.225 e. The van der Waals surface area contributed by atoms with Crippen molar-refractivity contribution in [1.29, 1.82) is 0 Å². The van der Waals surface area contributed by atoms with Crippen LogP contribution in [-0.4, -0.2) is 47.8 Å². The molecule has 0 atom stereocenters. The van der Waals surface area contributed by atoms with E-state index in [4.69, 9.17) is 22.2 Å². The van der Waals surface area contributed by atoms with Gasteiger partial charge in [0.2, 0.25) is 5.95 Å². The maximum atomic E-state index is 5.56. The predicted molar refractivity (Wildman–Crippen MR) is 134 cm³/mol. The summed E-state index contributed by atoms with van der Waals surface area (Å²) < 4.78 is 0. The topological polar surface area (TPSA) is 65.1 Å². The Hall–Kier alpha value is -2.15. The molecule has 2 aliphatic rings. The molecule has 2 aliphatic carbocycles. The normalized spacial score (nSPS) is 22.1. The highest BCUT2D eigenvalue weighted by Crippen LogP contribution is 2.26. The lowest BCUT2D eigenvalue weighted by Gasteiger charge is -2.31. The van der Waals surface area contributed by atoms with Gasteiger partial charge in [-0.15, -0.1) is 0 Å². The lowest BCUT2D eigenvalue weighted by atomic mass is 9.89. The smallest absolute Gasteiger partial charge is 0.225 e. The number of rotatable bonds is 6. The third kappa shape index (κ3) is 5.97. The van der Waals surface area contributed by atoms with E-state index in [0.717, 1.165) is 65.9 Å². The third-order valence-electron chi connectivity index (χ3n) is 6.68. The van der Waals surface area contributed by atoms with Crippen molar-refractivity contribution in [3.05, 3.63) is 24.3 Å². The second-order valence-corrected chi connectivity index (χ2v) is 9.74. The largest absolute Gasteiger partial charge is 0.362 e. The minimum atomic E-state index is 0.401. The van der Waals surface area contributed by atoms with Gasteiger partial charge >= 0.3 is 0 Å². The summed E-state index contributed by atoms with van der Waals surface area (Å²) in [5, 5.41) is 12.5. The highest BCUT2D eigenvalue weighted by atomic mass is 32.1. The van der Waals surface area contributed by atoms with E-state index in [1.54, 1.807) is 0 Å². The van der Waals surface area contributed by atoms with Crippen molar-refractivity contribution in [2.75, 3.05) is 30.9 Å². The SMILES string of the molecule is CN(C)c1nc(NC2CCC(NC(=S)NCC3CCCCC3)CC2)nc2ccccc12. The number of benzene rings is 1. The molecule has 1 aromatic heterocycles. The van der Waals surface area contributed by atoms with Crippen molar-refractivity contribution in [3.8, 4) is 0 Å². The fraction of sp³-hybridized carbons (Fsp3) is 0.625. The number of fused-ring (bicyclic) bond motifs is 1. The van der Waals surface area contributed by atoms with Crippen molar-refractivity contribution in [2.24, 2.45) is 5.92 Å². The summed E-state index contributed by atoms with van der Waals surface area (Å²) in [7, 11) is 4.06. The molecular formula is C24H36N6S. The van der Waals surface area contributed by atoms with Gasteiger partial charge in [0.15, 0.2) is 5.11 Å². The Kier molecular flexibility index (Phi) is 7.43. The van der Waals surface area contributed by atoms with Gasteiger partial charge in [-0.3, -0.25) is 0 Å². The molecule has 1 aromatic carbocycles. The molecule has 0 amide bonds. The van der Waals surface area contributed by atoms with Crippen LogP contribution in [0.15, 0.2) is 24.3 Å². The van der Waals surface area contributed by atoms with Crippen LogP contribution < -0.4 is 20.9 Å². The van der Waals surface area contributed by atoms with Gasteiger partial charge in [0.1, 0.15) is 5.82 Å². The van der Waals surface area contributed by atoms with Gasteiger partial charge in [-0.05, 0) is 68.8 Å². The van der Waals surface area contributed by atoms with Gasteiger partial charge in [0, 0.05) is 38.1 Å². The molecule has 2 saturated carbocycles. The number of para-hydroxylation sites is 1. The molecule has 31 heavy (non-hydrogen) atoms. The molecule has 0 aliphatic heterocycles. The lowest BCUT2D eigenvalue weighted by Crippen LogP contribution is -2.46. The standard InChI is InChI=1S/C24H36N6S/c1-30(2)22-20-10-6-7-11-21(20)28-23(29-22)26-18-12-14-19(15-13-18)27-24(31)25-16-17-8-4-3-5-9-17/h6-7,10-11,17-19H,3-5,8-9,12-16H2,1-2H3,(H2,25,27,31)(H,26,28,29). The van der Waals surface area contributed by atoms with Crippen LogP contribution in [-0.2, 0) is 0 Å². The predicted octanol–water partition coefficient (Wildman–Crippen LogP) is 4.46. The Labute approximate surface area is 191 Å². The zero-order valence-corrected chi connectivity index (χ0v) is 19.7. The summed E-state index contributed by atoms with van der Waals surface area (Å²) >= 11 is 5.56. The molecule has 3 N–H and O–H groups in total. The number of aromatic nitrogens is 2. The van der Waals surface area contributed by atoms with Crippen LogP contribution in [0, 0.1) is 5.92 Å². The Morgan fingerprint density at radius 2 is 1.68 bits per heavy atom. The number of nitrogens with one attached hydrogen (secondary N) is 3. The van der Waals surface area contributed by atoms with Crippen LogP contribution in [0.2, 0.25) is 0 Å². The quantitative estimate of drug-likeness (QED) is 0.573. The molecule has 7 heteroatoms. The first-order valence-corrected chi connectivity index (χ1v) is 12.2. The van der Waals surface area contributed by atoms with E-state index < -0.39 is 0 Å². The molecule has 0 bridgehead atoms. The van der Waals surface area contributed by atoms with E-state index >= 15 is 0 Å². The molecular weight excluding hydrogens is 404 g/mol. The molecule has 0 saturated heterocycles. The highest BCUT2D eigenvalue weighted by Gasteiger charge is 2.23. The molecule has 4 rings (SSSR count). The van der Waals surface area contributed by atoms with Gasteiger partial charge in [-0.1, -0.05) is 31.4 Å².